The molecule has 0 saturated carbocycles. The first kappa shape index (κ1) is 16.1. The Morgan fingerprint density at radius 3 is 2.00 bits per heavy atom. The molecule has 0 aromatic heterocycles. The third-order valence-corrected chi connectivity index (χ3v) is 4.92. The molecule has 1 aliphatic rings. The molecule has 1 atom stereocenters. The number of azo groups is 2. The van der Waals surface area contributed by atoms with E-state index in [9.17, 15) is 0 Å². The van der Waals surface area contributed by atoms with Gasteiger partial charge in [0.1, 0.15) is 15.6 Å². The second-order valence-electron chi connectivity index (χ2n) is 6.63. The van der Waals surface area contributed by atoms with Gasteiger partial charge in [-0.3, -0.25) is 0 Å². The lowest BCUT2D eigenvalue weighted by Gasteiger charge is -2.22. The zero-order valence-electron chi connectivity index (χ0n) is 12.5. The van der Waals surface area contributed by atoms with Crippen molar-refractivity contribution in [3.05, 3.63) is 27.2 Å². The van der Waals surface area contributed by atoms with E-state index in [0.717, 1.165) is 12.1 Å². The molecule has 20 heavy (non-hydrogen) atoms. The topological polar surface area (TPSA) is 15.4 Å². The van der Waals surface area contributed by atoms with Gasteiger partial charge in [-0.25, -0.2) is 0 Å². The Balaban J connectivity index is 2.62. The number of hydrogen-bond donors (Lipinski definition) is 0. The van der Waals surface area contributed by atoms with Gasteiger partial charge < -0.3 is 0 Å². The highest BCUT2D eigenvalue weighted by molar-refractivity contribution is 6.41. The van der Waals surface area contributed by atoms with Crippen molar-refractivity contribution in [2.24, 2.45) is 11.0 Å². The molecule has 0 aliphatic carbocycles. The Kier molecular flexibility index (Phi) is 4.14. The fourth-order valence-electron chi connectivity index (χ4n) is 2.76. The van der Waals surface area contributed by atoms with E-state index in [2.05, 4.69) is 34.6 Å². The standard InChI is InChI=1S/C15H20Cl3N2/c1-9(2)15(5)8-14(3,4)20(19-15)13-11(17)6-10(16)7-12(13)18/h6-7,9H,8H2,1-5H3/q+1/t15-/m1/s1. The summed E-state index contributed by atoms with van der Waals surface area (Å²) in [6.45, 7) is 10.9. The summed E-state index contributed by atoms with van der Waals surface area (Å²) in [7, 11) is 0. The number of benzene rings is 1. The van der Waals surface area contributed by atoms with Crippen LogP contribution in [0.25, 0.3) is 0 Å². The van der Waals surface area contributed by atoms with Crippen LogP contribution in [-0.4, -0.2) is 15.8 Å². The van der Waals surface area contributed by atoms with Crippen molar-refractivity contribution in [3.8, 4) is 0 Å². The van der Waals surface area contributed by atoms with Crippen LogP contribution in [0.3, 0.4) is 0 Å². The lowest BCUT2D eigenvalue weighted by atomic mass is 9.80. The van der Waals surface area contributed by atoms with Crippen molar-refractivity contribution in [2.45, 2.75) is 52.1 Å². The fraction of sp³-hybridized carbons (Fsp3) is 0.600. The SMILES string of the molecule is CC(C)[C@@]1(C)CC(C)(C)[N+](c2c(Cl)cc(Cl)cc2Cl)=N1. The monoisotopic (exact) mass is 333 g/mol. The molecular formula is C15H20Cl3N2+. The summed E-state index contributed by atoms with van der Waals surface area (Å²) in [6.07, 6.45) is 0.951. The Bertz CT molecular complexity index is 555. The Morgan fingerprint density at radius 1 is 1.10 bits per heavy atom. The van der Waals surface area contributed by atoms with Crippen molar-refractivity contribution >= 4 is 40.5 Å². The van der Waals surface area contributed by atoms with Crippen LogP contribution < -0.4 is 0 Å². The predicted octanol–water partition coefficient (Wildman–Crippen LogP) is 6.34. The summed E-state index contributed by atoms with van der Waals surface area (Å²) in [5, 5.41) is 6.52. The molecule has 110 valence electrons. The number of hydrogen-bond acceptors (Lipinski definition) is 1. The smallest absolute Gasteiger partial charge is 0.0842 e. The normalized spacial score (nSPS) is 25.1. The molecule has 0 fully saturated rings. The molecule has 2 rings (SSSR count). The molecule has 1 aromatic rings. The second kappa shape index (κ2) is 5.15. The third kappa shape index (κ3) is 2.70. The van der Waals surface area contributed by atoms with Gasteiger partial charge in [0.15, 0.2) is 5.54 Å². The van der Waals surface area contributed by atoms with Crippen LogP contribution in [0.1, 0.15) is 41.0 Å². The van der Waals surface area contributed by atoms with Crippen molar-refractivity contribution in [2.75, 3.05) is 0 Å². The van der Waals surface area contributed by atoms with Crippen LogP contribution in [-0.2, 0) is 0 Å². The molecule has 1 heterocycles. The zero-order chi connectivity index (χ0) is 15.3. The summed E-state index contributed by atoms with van der Waals surface area (Å²) in [4.78, 5) is 0. The van der Waals surface area contributed by atoms with Gasteiger partial charge in [0.25, 0.3) is 5.69 Å². The average Bonchev–Trinajstić information content (AvgIpc) is 2.48. The molecule has 0 saturated heterocycles. The van der Waals surface area contributed by atoms with E-state index in [1.807, 2.05) is 4.70 Å². The van der Waals surface area contributed by atoms with Gasteiger partial charge in [-0.15, -0.1) is 0 Å². The first-order valence-corrected chi connectivity index (χ1v) is 7.88. The summed E-state index contributed by atoms with van der Waals surface area (Å²) >= 11 is 18.7. The van der Waals surface area contributed by atoms with Gasteiger partial charge in [-0.1, -0.05) is 53.3 Å². The van der Waals surface area contributed by atoms with E-state index >= 15 is 0 Å². The van der Waals surface area contributed by atoms with Gasteiger partial charge >= 0.3 is 0 Å². The molecule has 0 radical (unpaired) electrons. The molecule has 0 N–H and O–H groups in total. The van der Waals surface area contributed by atoms with Gasteiger partial charge in [0.2, 0.25) is 0 Å². The maximum atomic E-state index is 6.34. The molecule has 1 aliphatic heterocycles. The lowest BCUT2D eigenvalue weighted by molar-refractivity contribution is -0.573. The predicted molar refractivity (Wildman–Crippen MR) is 85.8 cm³/mol. The lowest BCUT2D eigenvalue weighted by Crippen LogP contribution is -2.34. The van der Waals surface area contributed by atoms with Gasteiger partial charge in [0, 0.05) is 25.3 Å². The van der Waals surface area contributed by atoms with Crippen LogP contribution in [0.4, 0.5) is 5.69 Å². The maximum absolute atomic E-state index is 6.34. The van der Waals surface area contributed by atoms with E-state index < -0.39 is 0 Å². The van der Waals surface area contributed by atoms with Gasteiger partial charge in [-0.2, -0.15) is 0 Å². The highest BCUT2D eigenvalue weighted by Crippen LogP contribution is 2.47. The minimum Gasteiger partial charge on any atom is -0.0842 e. The summed E-state index contributed by atoms with van der Waals surface area (Å²) < 4.78 is 1.97. The quantitative estimate of drug-likeness (QED) is 0.561. The molecule has 1 aromatic carbocycles. The van der Waals surface area contributed by atoms with Crippen LogP contribution in [0.2, 0.25) is 15.1 Å². The van der Waals surface area contributed by atoms with Crippen LogP contribution in [0.5, 0.6) is 0 Å². The van der Waals surface area contributed by atoms with E-state index in [-0.39, 0.29) is 11.1 Å². The van der Waals surface area contributed by atoms with Gasteiger partial charge in [0.05, 0.1) is 0 Å². The summed E-state index contributed by atoms with van der Waals surface area (Å²) in [6, 6.07) is 3.42. The molecule has 0 bridgehead atoms. The highest BCUT2D eigenvalue weighted by atomic mass is 35.5. The molecule has 0 amide bonds. The average molecular weight is 335 g/mol. The Hall–Kier alpha value is -0.310. The number of rotatable bonds is 2. The van der Waals surface area contributed by atoms with E-state index in [4.69, 9.17) is 39.9 Å². The van der Waals surface area contributed by atoms with Crippen LogP contribution >= 0.6 is 34.8 Å². The number of nitrogens with zero attached hydrogens (tertiary/aromatic N) is 2. The summed E-state index contributed by atoms with van der Waals surface area (Å²) in [5.41, 5.74) is 0.489. The highest BCUT2D eigenvalue weighted by Gasteiger charge is 2.53. The van der Waals surface area contributed by atoms with E-state index in [1.54, 1.807) is 12.1 Å². The van der Waals surface area contributed by atoms with Crippen LogP contribution in [0, 0.1) is 5.92 Å². The second-order valence-corrected chi connectivity index (χ2v) is 7.88. The first-order valence-electron chi connectivity index (χ1n) is 6.74. The number of halogens is 3. The summed E-state index contributed by atoms with van der Waals surface area (Å²) in [5.74, 6) is 0.441. The van der Waals surface area contributed by atoms with E-state index in [1.165, 1.54) is 0 Å². The Morgan fingerprint density at radius 2 is 1.60 bits per heavy atom. The third-order valence-electron chi connectivity index (χ3n) is 4.13. The van der Waals surface area contributed by atoms with Crippen molar-refractivity contribution in [3.63, 3.8) is 0 Å². The van der Waals surface area contributed by atoms with Gasteiger partial charge in [-0.05, 0) is 30.1 Å². The fourth-order valence-corrected chi connectivity index (χ4v) is 3.74. The van der Waals surface area contributed by atoms with E-state index in [0.29, 0.717) is 21.0 Å². The van der Waals surface area contributed by atoms with Crippen molar-refractivity contribution < 1.29 is 4.70 Å². The van der Waals surface area contributed by atoms with Crippen molar-refractivity contribution in [1.82, 2.24) is 0 Å². The zero-order valence-corrected chi connectivity index (χ0v) is 14.7. The van der Waals surface area contributed by atoms with Crippen molar-refractivity contribution in [1.29, 1.82) is 0 Å². The molecule has 5 heteroatoms. The minimum atomic E-state index is -0.139. The Labute approximate surface area is 135 Å². The maximum Gasteiger partial charge on any atom is 0.269 e. The minimum absolute atomic E-state index is 0.115. The molecule has 2 nitrogen and oxygen atoms in total. The molecule has 0 spiro atoms. The first-order chi connectivity index (χ1) is 9.07. The molecule has 0 unspecified atom stereocenters. The molecular weight excluding hydrogens is 315 g/mol. The van der Waals surface area contributed by atoms with Crippen LogP contribution in [0.15, 0.2) is 17.2 Å². The largest absolute Gasteiger partial charge is 0.269 e.